The first kappa shape index (κ1) is 19.1. The minimum absolute atomic E-state index is 0.152. The molecule has 0 bridgehead atoms. The van der Waals surface area contributed by atoms with Crippen molar-refractivity contribution in [2.75, 3.05) is 38.2 Å². The van der Waals surface area contributed by atoms with Crippen molar-refractivity contribution in [1.29, 1.82) is 0 Å². The molecule has 2 aromatic rings. The fourth-order valence-corrected chi connectivity index (χ4v) is 3.18. The monoisotopic (exact) mass is 386 g/mol. The van der Waals surface area contributed by atoms with Crippen molar-refractivity contribution in [3.8, 4) is 5.75 Å². The minimum Gasteiger partial charge on any atom is -0.495 e. The summed E-state index contributed by atoms with van der Waals surface area (Å²) in [5, 5.41) is 22.1. The average Bonchev–Trinajstić information content (AvgIpc) is 2.72. The molecule has 0 radical (unpaired) electrons. The third-order valence-electron chi connectivity index (χ3n) is 4.61. The SMILES string of the molecule is COc1ccccc1N1CCN(C(=O)c2ccc([N+](=O)[O-])cc2[N+](=O)[O-])CC1. The molecule has 0 saturated carbocycles. The number of amides is 1. The van der Waals surface area contributed by atoms with E-state index in [9.17, 15) is 25.0 Å². The van der Waals surface area contributed by atoms with Crippen molar-refractivity contribution in [3.05, 3.63) is 68.3 Å². The van der Waals surface area contributed by atoms with Crippen LogP contribution in [0, 0.1) is 20.2 Å². The molecule has 1 saturated heterocycles. The van der Waals surface area contributed by atoms with Crippen LogP contribution in [0.15, 0.2) is 42.5 Å². The number of anilines is 1. The number of nitro groups is 2. The molecule has 28 heavy (non-hydrogen) atoms. The van der Waals surface area contributed by atoms with E-state index in [1.54, 1.807) is 7.11 Å². The largest absolute Gasteiger partial charge is 0.495 e. The number of hydrogen-bond acceptors (Lipinski definition) is 7. The average molecular weight is 386 g/mol. The lowest BCUT2D eigenvalue weighted by atomic mass is 10.1. The fraction of sp³-hybridized carbons (Fsp3) is 0.278. The smallest absolute Gasteiger partial charge is 0.289 e. The molecule has 10 nitrogen and oxygen atoms in total. The molecule has 146 valence electrons. The van der Waals surface area contributed by atoms with Crippen LogP contribution in [-0.2, 0) is 0 Å². The number of nitro benzene ring substituents is 2. The van der Waals surface area contributed by atoms with E-state index in [0.717, 1.165) is 29.6 Å². The first-order chi connectivity index (χ1) is 13.4. The van der Waals surface area contributed by atoms with Crippen LogP contribution in [0.2, 0.25) is 0 Å². The van der Waals surface area contributed by atoms with Crippen LogP contribution in [0.3, 0.4) is 0 Å². The van der Waals surface area contributed by atoms with Gasteiger partial charge in [0.05, 0.1) is 28.7 Å². The lowest BCUT2D eigenvalue weighted by molar-refractivity contribution is -0.394. The van der Waals surface area contributed by atoms with Gasteiger partial charge in [-0.15, -0.1) is 0 Å². The van der Waals surface area contributed by atoms with E-state index >= 15 is 0 Å². The molecule has 0 spiro atoms. The van der Waals surface area contributed by atoms with E-state index in [1.807, 2.05) is 24.3 Å². The number of hydrogen-bond donors (Lipinski definition) is 0. The molecule has 10 heteroatoms. The highest BCUT2D eigenvalue weighted by Gasteiger charge is 2.29. The number of rotatable bonds is 5. The van der Waals surface area contributed by atoms with Crippen LogP contribution in [-0.4, -0.2) is 53.9 Å². The van der Waals surface area contributed by atoms with Crippen LogP contribution >= 0.6 is 0 Å². The summed E-state index contributed by atoms with van der Waals surface area (Å²) in [4.78, 5) is 37.0. The van der Waals surface area contributed by atoms with Gasteiger partial charge < -0.3 is 14.5 Å². The van der Waals surface area contributed by atoms with Gasteiger partial charge in [-0.3, -0.25) is 25.0 Å². The Bertz CT molecular complexity index is 924. The summed E-state index contributed by atoms with van der Waals surface area (Å²) in [6.45, 7) is 1.80. The van der Waals surface area contributed by atoms with Gasteiger partial charge in [-0.2, -0.15) is 0 Å². The topological polar surface area (TPSA) is 119 Å². The fourth-order valence-electron chi connectivity index (χ4n) is 3.18. The maximum atomic E-state index is 12.8. The number of para-hydroxylation sites is 2. The number of methoxy groups -OCH3 is 1. The maximum absolute atomic E-state index is 12.8. The van der Waals surface area contributed by atoms with Gasteiger partial charge in [0.2, 0.25) is 0 Å². The molecule has 0 unspecified atom stereocenters. The Hall–Kier alpha value is -3.69. The summed E-state index contributed by atoms with van der Waals surface area (Å²) in [5.41, 5.74) is -0.227. The lowest BCUT2D eigenvalue weighted by Crippen LogP contribution is -2.49. The predicted octanol–water partition coefficient (Wildman–Crippen LogP) is 2.47. The normalized spacial score (nSPS) is 13.9. The molecule has 1 aliphatic rings. The molecule has 1 fully saturated rings. The van der Waals surface area contributed by atoms with Crippen molar-refractivity contribution in [1.82, 2.24) is 4.90 Å². The number of benzene rings is 2. The third-order valence-corrected chi connectivity index (χ3v) is 4.61. The van der Waals surface area contributed by atoms with Crippen molar-refractivity contribution >= 4 is 23.0 Å². The van der Waals surface area contributed by atoms with Crippen LogP contribution in [0.5, 0.6) is 5.75 Å². The Morgan fingerprint density at radius 2 is 1.68 bits per heavy atom. The Morgan fingerprint density at radius 1 is 1.00 bits per heavy atom. The predicted molar refractivity (Wildman–Crippen MR) is 101 cm³/mol. The zero-order valence-corrected chi connectivity index (χ0v) is 15.1. The van der Waals surface area contributed by atoms with Crippen LogP contribution < -0.4 is 9.64 Å². The molecule has 3 rings (SSSR count). The Labute approximate surface area is 160 Å². The number of non-ortho nitro benzene ring substituents is 1. The van der Waals surface area contributed by atoms with Gasteiger partial charge in [0, 0.05) is 32.2 Å². The zero-order chi connectivity index (χ0) is 20.3. The maximum Gasteiger partial charge on any atom is 0.289 e. The summed E-state index contributed by atoms with van der Waals surface area (Å²) in [6.07, 6.45) is 0. The number of piperazine rings is 1. The summed E-state index contributed by atoms with van der Waals surface area (Å²) in [7, 11) is 1.59. The highest BCUT2D eigenvalue weighted by Crippen LogP contribution is 2.30. The summed E-state index contributed by atoms with van der Waals surface area (Å²) in [5.74, 6) is 0.217. The highest BCUT2D eigenvalue weighted by atomic mass is 16.6. The molecular formula is C18H18N4O6. The second-order valence-electron chi connectivity index (χ2n) is 6.17. The minimum atomic E-state index is -0.773. The van der Waals surface area contributed by atoms with Crippen molar-refractivity contribution in [2.45, 2.75) is 0 Å². The molecular weight excluding hydrogens is 368 g/mol. The van der Waals surface area contributed by atoms with Gasteiger partial charge in [0.1, 0.15) is 11.3 Å². The second kappa shape index (κ2) is 7.91. The van der Waals surface area contributed by atoms with Gasteiger partial charge in [0.25, 0.3) is 17.3 Å². The van der Waals surface area contributed by atoms with Crippen molar-refractivity contribution < 1.29 is 19.4 Å². The second-order valence-corrected chi connectivity index (χ2v) is 6.17. The van der Waals surface area contributed by atoms with Gasteiger partial charge in [0.15, 0.2) is 0 Å². The van der Waals surface area contributed by atoms with Gasteiger partial charge in [-0.05, 0) is 18.2 Å². The van der Waals surface area contributed by atoms with Gasteiger partial charge in [-0.1, -0.05) is 12.1 Å². The number of nitrogens with zero attached hydrogens (tertiary/aromatic N) is 4. The van der Waals surface area contributed by atoms with E-state index < -0.39 is 27.1 Å². The van der Waals surface area contributed by atoms with Gasteiger partial charge >= 0.3 is 0 Å². The number of ether oxygens (including phenoxy) is 1. The van der Waals surface area contributed by atoms with E-state index in [1.165, 1.54) is 4.90 Å². The van der Waals surface area contributed by atoms with E-state index in [-0.39, 0.29) is 5.56 Å². The van der Waals surface area contributed by atoms with Crippen molar-refractivity contribution in [2.24, 2.45) is 0 Å². The third kappa shape index (κ3) is 3.70. The summed E-state index contributed by atoms with van der Waals surface area (Å²) in [6, 6.07) is 10.6. The molecule has 0 atom stereocenters. The Morgan fingerprint density at radius 3 is 2.29 bits per heavy atom. The van der Waals surface area contributed by atoms with Crippen LogP contribution in [0.25, 0.3) is 0 Å². The lowest BCUT2D eigenvalue weighted by Gasteiger charge is -2.36. The number of carbonyl (C=O) groups is 1. The first-order valence-electron chi connectivity index (χ1n) is 8.52. The Balaban J connectivity index is 1.77. The molecule has 1 heterocycles. The summed E-state index contributed by atoms with van der Waals surface area (Å²) >= 11 is 0. The standard InChI is InChI=1S/C18H18N4O6/c1-28-17-5-3-2-4-15(17)19-8-10-20(11-9-19)18(23)14-7-6-13(21(24)25)12-16(14)22(26)27/h2-7,12H,8-11H2,1H3. The quantitative estimate of drug-likeness (QED) is 0.572. The Kier molecular flexibility index (Phi) is 5.39. The van der Waals surface area contributed by atoms with Crippen molar-refractivity contribution in [3.63, 3.8) is 0 Å². The molecule has 2 aromatic carbocycles. The zero-order valence-electron chi connectivity index (χ0n) is 15.1. The van der Waals surface area contributed by atoms with E-state index in [0.29, 0.717) is 26.2 Å². The van der Waals surface area contributed by atoms with Crippen LogP contribution in [0.4, 0.5) is 17.1 Å². The first-order valence-corrected chi connectivity index (χ1v) is 8.52. The van der Waals surface area contributed by atoms with Gasteiger partial charge in [-0.25, -0.2) is 0 Å². The molecule has 1 amide bonds. The summed E-state index contributed by atoms with van der Waals surface area (Å²) < 4.78 is 5.36. The van der Waals surface area contributed by atoms with E-state index in [2.05, 4.69) is 4.90 Å². The molecule has 0 N–H and O–H groups in total. The van der Waals surface area contributed by atoms with E-state index in [4.69, 9.17) is 4.74 Å². The molecule has 0 aromatic heterocycles. The highest BCUT2D eigenvalue weighted by molar-refractivity contribution is 5.98. The molecule has 0 aliphatic carbocycles. The number of carbonyl (C=O) groups excluding carboxylic acids is 1. The van der Waals surface area contributed by atoms with Crippen LogP contribution in [0.1, 0.15) is 10.4 Å². The molecule has 1 aliphatic heterocycles.